The van der Waals surface area contributed by atoms with E-state index in [0.717, 1.165) is 16.0 Å². The molecule has 162 valence electrons. The third-order valence-corrected chi connectivity index (χ3v) is 7.32. The molecule has 0 bridgehead atoms. The van der Waals surface area contributed by atoms with Gasteiger partial charge in [-0.25, -0.2) is 8.42 Å². The fourth-order valence-electron chi connectivity index (χ4n) is 2.75. The van der Waals surface area contributed by atoms with Gasteiger partial charge >= 0.3 is 0 Å². The second-order valence-electron chi connectivity index (χ2n) is 7.15. The molecule has 0 aliphatic heterocycles. The Hall–Kier alpha value is -2.48. The van der Waals surface area contributed by atoms with E-state index in [-0.39, 0.29) is 16.1 Å². The summed E-state index contributed by atoms with van der Waals surface area (Å²) in [5.41, 5.74) is 3.06. The van der Waals surface area contributed by atoms with Crippen LogP contribution in [0, 0.1) is 13.8 Å². The molecule has 0 saturated heterocycles. The Kier molecular flexibility index (Phi) is 7.30. The molecule has 0 aliphatic rings. The predicted octanol–water partition coefficient (Wildman–Crippen LogP) is 5.88. The van der Waals surface area contributed by atoms with E-state index in [1.807, 2.05) is 26.8 Å². The molecule has 0 aromatic heterocycles. The number of carbonyl (C=O) groups is 1. The van der Waals surface area contributed by atoms with Crippen molar-refractivity contribution in [3.63, 3.8) is 0 Å². The van der Waals surface area contributed by atoms with Gasteiger partial charge in [-0.15, -0.1) is 11.8 Å². The zero-order chi connectivity index (χ0) is 22.6. The van der Waals surface area contributed by atoms with Crippen LogP contribution in [-0.2, 0) is 14.8 Å². The Balaban J connectivity index is 1.62. The normalized spacial score (nSPS) is 12.3. The molecule has 0 spiro atoms. The lowest BCUT2D eigenvalue weighted by Gasteiger charge is -2.14. The van der Waals surface area contributed by atoms with Gasteiger partial charge in [0, 0.05) is 21.3 Å². The molecule has 0 fully saturated rings. The van der Waals surface area contributed by atoms with E-state index in [1.54, 1.807) is 60.7 Å². The summed E-state index contributed by atoms with van der Waals surface area (Å²) in [5, 5.41) is 3.11. The van der Waals surface area contributed by atoms with Crippen LogP contribution in [-0.4, -0.2) is 19.6 Å². The molecular weight excluding hydrogens is 452 g/mol. The van der Waals surface area contributed by atoms with E-state index in [0.29, 0.717) is 16.4 Å². The average molecular weight is 475 g/mol. The predicted molar refractivity (Wildman–Crippen MR) is 129 cm³/mol. The molecule has 1 amide bonds. The average Bonchev–Trinajstić information content (AvgIpc) is 2.72. The lowest BCUT2D eigenvalue weighted by atomic mass is 10.2. The monoisotopic (exact) mass is 474 g/mol. The second kappa shape index (κ2) is 9.77. The van der Waals surface area contributed by atoms with Crippen molar-refractivity contribution in [2.75, 3.05) is 10.0 Å². The Morgan fingerprint density at radius 2 is 1.61 bits per heavy atom. The van der Waals surface area contributed by atoms with Crippen LogP contribution in [0.5, 0.6) is 0 Å². The van der Waals surface area contributed by atoms with Gasteiger partial charge in [-0.1, -0.05) is 35.4 Å². The maximum Gasteiger partial charge on any atom is 0.261 e. The smallest absolute Gasteiger partial charge is 0.261 e. The molecule has 8 heteroatoms. The number of anilines is 2. The van der Waals surface area contributed by atoms with Crippen molar-refractivity contribution in [3.05, 3.63) is 82.9 Å². The SMILES string of the molecule is Cc1ccc(S(=O)(=O)Nc2ccc(SC(C)C(=O)Nc3cc(Cl)ccc3C)cc2)cc1. The van der Waals surface area contributed by atoms with Crippen molar-refractivity contribution in [2.45, 2.75) is 35.8 Å². The summed E-state index contributed by atoms with van der Waals surface area (Å²) in [6.45, 7) is 5.62. The van der Waals surface area contributed by atoms with Crippen molar-refractivity contribution < 1.29 is 13.2 Å². The Labute approximate surface area is 192 Å². The van der Waals surface area contributed by atoms with Gasteiger partial charge in [-0.3, -0.25) is 9.52 Å². The van der Waals surface area contributed by atoms with E-state index in [4.69, 9.17) is 11.6 Å². The fraction of sp³-hybridized carbons (Fsp3) is 0.174. The molecule has 1 unspecified atom stereocenters. The van der Waals surface area contributed by atoms with E-state index in [2.05, 4.69) is 10.0 Å². The van der Waals surface area contributed by atoms with E-state index >= 15 is 0 Å². The minimum atomic E-state index is -3.65. The Bertz CT molecular complexity index is 1180. The summed E-state index contributed by atoms with van der Waals surface area (Å²) in [6.07, 6.45) is 0. The van der Waals surface area contributed by atoms with Gasteiger partial charge in [0.05, 0.1) is 10.1 Å². The molecule has 3 aromatic carbocycles. The topological polar surface area (TPSA) is 75.3 Å². The van der Waals surface area contributed by atoms with Crippen molar-refractivity contribution in [3.8, 4) is 0 Å². The van der Waals surface area contributed by atoms with Crippen LogP contribution in [0.1, 0.15) is 18.1 Å². The number of halogens is 1. The highest BCUT2D eigenvalue weighted by atomic mass is 35.5. The number of sulfonamides is 1. The van der Waals surface area contributed by atoms with E-state index in [9.17, 15) is 13.2 Å². The molecule has 0 saturated carbocycles. The number of rotatable bonds is 7. The fourth-order valence-corrected chi connectivity index (χ4v) is 4.85. The lowest BCUT2D eigenvalue weighted by molar-refractivity contribution is -0.115. The minimum absolute atomic E-state index is 0.139. The number of carbonyl (C=O) groups excluding carboxylic acids is 1. The molecule has 0 aliphatic carbocycles. The summed E-state index contributed by atoms with van der Waals surface area (Å²) in [6, 6.07) is 18.9. The molecule has 5 nitrogen and oxygen atoms in total. The Morgan fingerprint density at radius 3 is 2.26 bits per heavy atom. The standard InChI is InChI=1S/C23H23ClN2O3S2/c1-15-4-12-21(13-5-15)31(28,29)26-19-8-10-20(11-9-19)30-17(3)23(27)25-22-14-18(24)7-6-16(22)2/h4-14,17,26H,1-3H3,(H,25,27). The molecule has 3 rings (SSSR count). The van der Waals surface area contributed by atoms with E-state index < -0.39 is 10.0 Å². The van der Waals surface area contributed by atoms with Crippen LogP contribution in [0.3, 0.4) is 0 Å². The first-order valence-corrected chi connectivity index (χ1v) is 12.3. The van der Waals surface area contributed by atoms with Gasteiger partial charge in [0.15, 0.2) is 0 Å². The quantitative estimate of drug-likeness (QED) is 0.419. The van der Waals surface area contributed by atoms with Gasteiger partial charge in [0.25, 0.3) is 10.0 Å². The summed E-state index contributed by atoms with van der Waals surface area (Å²) < 4.78 is 27.6. The highest BCUT2D eigenvalue weighted by Crippen LogP contribution is 2.27. The number of nitrogens with one attached hydrogen (secondary N) is 2. The minimum Gasteiger partial charge on any atom is -0.325 e. The Morgan fingerprint density at radius 1 is 0.968 bits per heavy atom. The zero-order valence-corrected chi connectivity index (χ0v) is 19.7. The largest absolute Gasteiger partial charge is 0.325 e. The molecule has 31 heavy (non-hydrogen) atoms. The van der Waals surface area contributed by atoms with Gasteiger partial charge in [-0.2, -0.15) is 0 Å². The van der Waals surface area contributed by atoms with Gasteiger partial charge in [-0.05, 0) is 74.9 Å². The number of hydrogen-bond donors (Lipinski definition) is 2. The highest BCUT2D eigenvalue weighted by molar-refractivity contribution is 8.00. The van der Waals surface area contributed by atoms with Crippen LogP contribution >= 0.6 is 23.4 Å². The molecule has 0 heterocycles. The van der Waals surface area contributed by atoms with Gasteiger partial charge in [0.2, 0.25) is 5.91 Å². The maximum absolute atomic E-state index is 12.5. The second-order valence-corrected chi connectivity index (χ2v) is 10.7. The maximum atomic E-state index is 12.5. The van der Waals surface area contributed by atoms with Crippen LogP contribution in [0.4, 0.5) is 11.4 Å². The molecular formula is C23H23ClN2O3S2. The molecule has 3 aromatic rings. The highest BCUT2D eigenvalue weighted by Gasteiger charge is 2.17. The molecule has 0 radical (unpaired) electrons. The van der Waals surface area contributed by atoms with Crippen LogP contribution in [0.25, 0.3) is 0 Å². The summed E-state index contributed by atoms with van der Waals surface area (Å²) in [7, 11) is -3.65. The van der Waals surface area contributed by atoms with Crippen molar-refractivity contribution in [1.29, 1.82) is 0 Å². The first-order valence-electron chi connectivity index (χ1n) is 9.57. The summed E-state index contributed by atoms with van der Waals surface area (Å²) in [4.78, 5) is 13.6. The third kappa shape index (κ3) is 6.26. The van der Waals surface area contributed by atoms with Crippen LogP contribution in [0.15, 0.2) is 76.5 Å². The third-order valence-electron chi connectivity index (χ3n) is 4.58. The number of amides is 1. The molecule has 2 N–H and O–H groups in total. The molecule has 1 atom stereocenters. The van der Waals surface area contributed by atoms with Crippen LogP contribution < -0.4 is 10.0 Å². The number of hydrogen-bond acceptors (Lipinski definition) is 4. The van der Waals surface area contributed by atoms with Crippen molar-refractivity contribution >= 4 is 50.7 Å². The number of aryl methyl sites for hydroxylation is 2. The summed E-state index contributed by atoms with van der Waals surface area (Å²) >= 11 is 7.39. The number of thioether (sulfide) groups is 1. The summed E-state index contributed by atoms with van der Waals surface area (Å²) in [5.74, 6) is -0.139. The van der Waals surface area contributed by atoms with Gasteiger partial charge < -0.3 is 5.32 Å². The van der Waals surface area contributed by atoms with Gasteiger partial charge in [0.1, 0.15) is 0 Å². The van der Waals surface area contributed by atoms with Crippen molar-refractivity contribution in [2.24, 2.45) is 0 Å². The zero-order valence-electron chi connectivity index (χ0n) is 17.3. The first-order chi connectivity index (χ1) is 14.6. The first kappa shape index (κ1) is 23.2. The number of benzene rings is 3. The van der Waals surface area contributed by atoms with Crippen LogP contribution in [0.2, 0.25) is 5.02 Å². The van der Waals surface area contributed by atoms with E-state index in [1.165, 1.54) is 11.8 Å². The lowest BCUT2D eigenvalue weighted by Crippen LogP contribution is -2.22. The van der Waals surface area contributed by atoms with Crippen molar-refractivity contribution in [1.82, 2.24) is 0 Å².